The highest BCUT2D eigenvalue weighted by Gasteiger charge is 2.06. The number of halogens is 2. The Morgan fingerprint density at radius 2 is 2.19 bits per heavy atom. The molecular weight excluding hydrogens is 229 g/mol. The summed E-state index contributed by atoms with van der Waals surface area (Å²) in [7, 11) is 1.46. The topological polar surface area (TPSA) is 12.5 Å². The minimum atomic E-state index is -0.318. The first-order valence-corrected chi connectivity index (χ1v) is 5.85. The summed E-state index contributed by atoms with van der Waals surface area (Å²) < 4.78 is 18.3. The summed E-state index contributed by atoms with van der Waals surface area (Å²) >= 11 is 5.68. The largest absolute Gasteiger partial charge is 0.494 e. The molecule has 0 unspecified atom stereocenters. The van der Waals surface area contributed by atoms with Gasteiger partial charge in [0.25, 0.3) is 0 Å². The van der Waals surface area contributed by atoms with Crippen molar-refractivity contribution in [3.05, 3.63) is 29.6 Å². The molecule has 0 N–H and O–H groups in total. The summed E-state index contributed by atoms with van der Waals surface area (Å²) in [5, 5.41) is 0. The molecule has 0 atom stereocenters. The third-order valence-electron chi connectivity index (χ3n) is 2.47. The highest BCUT2D eigenvalue weighted by Crippen LogP contribution is 2.18. The predicted octanol–water partition coefficient (Wildman–Crippen LogP) is 2.90. The maximum absolute atomic E-state index is 13.4. The van der Waals surface area contributed by atoms with Gasteiger partial charge in [-0.1, -0.05) is 13.0 Å². The van der Waals surface area contributed by atoms with Crippen molar-refractivity contribution in [3.8, 4) is 5.75 Å². The molecule has 0 aliphatic carbocycles. The smallest absolute Gasteiger partial charge is 0.165 e. The molecule has 16 heavy (non-hydrogen) atoms. The molecule has 2 nitrogen and oxygen atoms in total. The van der Waals surface area contributed by atoms with Gasteiger partial charge in [0.05, 0.1) is 7.11 Å². The molecule has 0 fully saturated rings. The van der Waals surface area contributed by atoms with Crippen LogP contribution in [0.4, 0.5) is 4.39 Å². The lowest BCUT2D eigenvalue weighted by atomic mass is 10.2. The van der Waals surface area contributed by atoms with Crippen LogP contribution in [0.2, 0.25) is 0 Å². The summed E-state index contributed by atoms with van der Waals surface area (Å²) in [4.78, 5) is 2.16. The van der Waals surface area contributed by atoms with Crippen LogP contribution in [0.25, 0.3) is 0 Å². The van der Waals surface area contributed by atoms with Gasteiger partial charge in [0.15, 0.2) is 11.6 Å². The highest BCUT2D eigenvalue weighted by atomic mass is 35.5. The highest BCUT2D eigenvalue weighted by molar-refractivity contribution is 6.18. The monoisotopic (exact) mass is 245 g/mol. The molecule has 0 aromatic heterocycles. The summed E-state index contributed by atoms with van der Waals surface area (Å²) in [6.07, 6.45) is 0. The van der Waals surface area contributed by atoms with Crippen LogP contribution in [0.3, 0.4) is 0 Å². The third kappa shape index (κ3) is 3.65. The molecule has 0 heterocycles. The lowest BCUT2D eigenvalue weighted by molar-refractivity contribution is 0.296. The first-order chi connectivity index (χ1) is 7.71. The molecule has 90 valence electrons. The Kier molecular flexibility index (Phi) is 5.56. The molecule has 0 saturated carbocycles. The van der Waals surface area contributed by atoms with Gasteiger partial charge in [0, 0.05) is 19.0 Å². The fourth-order valence-electron chi connectivity index (χ4n) is 1.53. The van der Waals surface area contributed by atoms with Crippen LogP contribution in [0.5, 0.6) is 5.75 Å². The van der Waals surface area contributed by atoms with Crippen molar-refractivity contribution in [2.24, 2.45) is 0 Å². The average molecular weight is 246 g/mol. The molecule has 1 rings (SSSR count). The molecular formula is C12H17ClFNO. The Balaban J connectivity index is 2.69. The number of benzene rings is 1. The Labute approximate surface area is 101 Å². The van der Waals surface area contributed by atoms with E-state index in [4.69, 9.17) is 16.3 Å². The Hall–Kier alpha value is -0.800. The van der Waals surface area contributed by atoms with Gasteiger partial charge in [-0.15, -0.1) is 11.6 Å². The number of hydrogen-bond donors (Lipinski definition) is 0. The van der Waals surface area contributed by atoms with E-state index in [0.29, 0.717) is 12.4 Å². The van der Waals surface area contributed by atoms with Crippen LogP contribution < -0.4 is 4.74 Å². The second-order valence-corrected chi connectivity index (χ2v) is 3.90. The van der Waals surface area contributed by atoms with Crippen LogP contribution in [0.15, 0.2) is 18.2 Å². The van der Waals surface area contributed by atoms with Gasteiger partial charge in [0.2, 0.25) is 0 Å². The molecule has 1 aromatic rings. The van der Waals surface area contributed by atoms with Gasteiger partial charge in [-0.25, -0.2) is 4.39 Å². The van der Waals surface area contributed by atoms with Gasteiger partial charge in [-0.05, 0) is 24.2 Å². The minimum absolute atomic E-state index is 0.282. The zero-order valence-electron chi connectivity index (χ0n) is 9.67. The standard InChI is InChI=1S/C12H17ClFNO/c1-3-15(7-6-13)9-10-4-5-12(16-2)11(14)8-10/h4-5,8H,3,6-7,9H2,1-2H3. The van der Waals surface area contributed by atoms with Gasteiger partial charge in [-0.3, -0.25) is 4.90 Å². The van der Waals surface area contributed by atoms with Crippen LogP contribution in [0.1, 0.15) is 12.5 Å². The van der Waals surface area contributed by atoms with E-state index in [-0.39, 0.29) is 11.6 Å². The van der Waals surface area contributed by atoms with Gasteiger partial charge < -0.3 is 4.74 Å². The quantitative estimate of drug-likeness (QED) is 0.715. The first-order valence-electron chi connectivity index (χ1n) is 5.32. The lowest BCUT2D eigenvalue weighted by Gasteiger charge is -2.19. The Morgan fingerprint density at radius 3 is 2.69 bits per heavy atom. The lowest BCUT2D eigenvalue weighted by Crippen LogP contribution is -2.24. The number of ether oxygens (including phenoxy) is 1. The average Bonchev–Trinajstić information content (AvgIpc) is 2.28. The van der Waals surface area contributed by atoms with Crippen molar-refractivity contribution in [1.82, 2.24) is 4.90 Å². The van der Waals surface area contributed by atoms with Crippen molar-refractivity contribution < 1.29 is 9.13 Å². The van der Waals surface area contributed by atoms with Crippen molar-refractivity contribution in [2.75, 3.05) is 26.1 Å². The second-order valence-electron chi connectivity index (χ2n) is 3.53. The summed E-state index contributed by atoms with van der Waals surface area (Å²) in [6.45, 7) is 4.49. The maximum Gasteiger partial charge on any atom is 0.165 e. The van der Waals surface area contributed by atoms with Gasteiger partial charge in [-0.2, -0.15) is 0 Å². The summed E-state index contributed by atoms with van der Waals surface area (Å²) in [5.74, 6) is 0.554. The van der Waals surface area contributed by atoms with E-state index in [0.717, 1.165) is 18.7 Å². The molecule has 0 aliphatic rings. The Morgan fingerprint density at radius 1 is 1.44 bits per heavy atom. The van der Waals surface area contributed by atoms with Crippen molar-refractivity contribution in [2.45, 2.75) is 13.5 Å². The fourth-order valence-corrected chi connectivity index (χ4v) is 1.77. The minimum Gasteiger partial charge on any atom is -0.494 e. The second kappa shape index (κ2) is 6.71. The van der Waals surface area contributed by atoms with Crippen LogP contribution in [0, 0.1) is 5.82 Å². The first kappa shape index (κ1) is 13.3. The zero-order chi connectivity index (χ0) is 12.0. The van der Waals surface area contributed by atoms with E-state index in [1.54, 1.807) is 6.07 Å². The molecule has 0 amide bonds. The molecule has 0 radical (unpaired) electrons. The number of alkyl halides is 1. The number of rotatable bonds is 6. The molecule has 4 heteroatoms. The SMILES string of the molecule is CCN(CCCl)Cc1ccc(OC)c(F)c1. The van der Waals surface area contributed by atoms with Crippen molar-refractivity contribution in [1.29, 1.82) is 0 Å². The van der Waals surface area contributed by atoms with Crippen molar-refractivity contribution >= 4 is 11.6 Å². The van der Waals surface area contributed by atoms with E-state index in [1.807, 2.05) is 6.07 Å². The van der Waals surface area contributed by atoms with E-state index < -0.39 is 0 Å². The van der Waals surface area contributed by atoms with E-state index in [9.17, 15) is 4.39 Å². The zero-order valence-corrected chi connectivity index (χ0v) is 10.4. The van der Waals surface area contributed by atoms with Crippen LogP contribution in [-0.4, -0.2) is 31.0 Å². The van der Waals surface area contributed by atoms with E-state index in [1.165, 1.54) is 13.2 Å². The molecule has 1 aromatic carbocycles. The number of methoxy groups -OCH3 is 1. The van der Waals surface area contributed by atoms with Crippen LogP contribution >= 0.6 is 11.6 Å². The fraction of sp³-hybridized carbons (Fsp3) is 0.500. The molecule has 0 saturated heterocycles. The maximum atomic E-state index is 13.4. The summed E-state index contributed by atoms with van der Waals surface area (Å²) in [5.41, 5.74) is 0.935. The predicted molar refractivity (Wildman–Crippen MR) is 64.6 cm³/mol. The molecule has 0 spiro atoms. The van der Waals surface area contributed by atoms with Gasteiger partial charge >= 0.3 is 0 Å². The number of hydrogen-bond acceptors (Lipinski definition) is 2. The molecule has 0 bridgehead atoms. The normalized spacial score (nSPS) is 10.8. The van der Waals surface area contributed by atoms with Gasteiger partial charge in [0.1, 0.15) is 0 Å². The summed E-state index contributed by atoms with van der Waals surface area (Å²) in [6, 6.07) is 5.04. The Bertz CT molecular complexity index is 333. The van der Waals surface area contributed by atoms with Crippen LogP contribution in [-0.2, 0) is 6.54 Å². The third-order valence-corrected chi connectivity index (χ3v) is 2.64. The van der Waals surface area contributed by atoms with Crippen molar-refractivity contribution in [3.63, 3.8) is 0 Å². The number of nitrogens with zero attached hydrogens (tertiary/aromatic N) is 1. The van der Waals surface area contributed by atoms with E-state index >= 15 is 0 Å². The van der Waals surface area contributed by atoms with E-state index in [2.05, 4.69) is 11.8 Å². The molecule has 0 aliphatic heterocycles.